The zero-order valence-electron chi connectivity index (χ0n) is 11.6. The van der Waals surface area contributed by atoms with Crippen LogP contribution in [-0.4, -0.2) is 24.9 Å². The van der Waals surface area contributed by atoms with Crippen molar-refractivity contribution in [1.29, 1.82) is 0 Å². The van der Waals surface area contributed by atoms with Crippen molar-refractivity contribution in [3.05, 3.63) is 28.7 Å². The van der Waals surface area contributed by atoms with Gasteiger partial charge < -0.3 is 9.73 Å². The number of pyridine rings is 1. The van der Waals surface area contributed by atoms with Crippen molar-refractivity contribution >= 4 is 37.8 Å². The van der Waals surface area contributed by atoms with Gasteiger partial charge in [-0.15, -0.1) is 0 Å². The number of aromatic nitrogens is 2. The van der Waals surface area contributed by atoms with Crippen LogP contribution in [0.4, 0.5) is 11.8 Å². The summed E-state index contributed by atoms with van der Waals surface area (Å²) in [6.45, 7) is 4.30. The Bertz CT molecular complexity index is 730. The summed E-state index contributed by atoms with van der Waals surface area (Å²) in [5, 5.41) is 2.99. The minimum atomic E-state index is -3.84. The number of oxazole rings is 1. The minimum Gasteiger partial charge on any atom is -0.431 e. The van der Waals surface area contributed by atoms with Crippen LogP contribution in [0.3, 0.4) is 0 Å². The Morgan fingerprint density at radius 3 is 2.81 bits per heavy atom. The second-order valence-electron chi connectivity index (χ2n) is 4.33. The molecule has 0 aliphatic heterocycles. The van der Waals surface area contributed by atoms with Gasteiger partial charge in [-0.2, -0.15) is 4.98 Å². The third-order valence-electron chi connectivity index (χ3n) is 2.49. The van der Waals surface area contributed by atoms with E-state index < -0.39 is 10.0 Å². The van der Waals surface area contributed by atoms with Crippen LogP contribution in [0.2, 0.25) is 0 Å². The Hall–Kier alpha value is -1.61. The van der Waals surface area contributed by atoms with Crippen molar-refractivity contribution in [1.82, 2.24) is 9.97 Å². The van der Waals surface area contributed by atoms with Gasteiger partial charge in [0.15, 0.2) is 0 Å². The van der Waals surface area contributed by atoms with Gasteiger partial charge in [-0.25, -0.2) is 18.1 Å². The van der Waals surface area contributed by atoms with Gasteiger partial charge in [0.2, 0.25) is 0 Å². The molecule has 2 rings (SSSR count). The molecule has 0 bridgehead atoms. The van der Waals surface area contributed by atoms with E-state index in [1.54, 1.807) is 6.92 Å². The number of nitrogens with one attached hydrogen (secondary N) is 2. The smallest absolute Gasteiger partial charge is 0.309 e. The van der Waals surface area contributed by atoms with Crippen LogP contribution in [0.5, 0.6) is 0 Å². The Balaban J connectivity index is 2.35. The summed E-state index contributed by atoms with van der Waals surface area (Å²) in [6, 6.07) is 1.40. The maximum Gasteiger partial charge on any atom is 0.309 e. The predicted octanol–water partition coefficient (Wildman–Crippen LogP) is 2.76. The minimum absolute atomic E-state index is 0.0289. The Labute approximate surface area is 131 Å². The molecule has 7 nitrogen and oxygen atoms in total. The number of aryl methyl sites for hydroxylation is 1. The second kappa shape index (κ2) is 6.44. The highest BCUT2D eigenvalue weighted by Crippen LogP contribution is 2.25. The van der Waals surface area contributed by atoms with Crippen LogP contribution in [0.25, 0.3) is 0 Å². The van der Waals surface area contributed by atoms with Crippen LogP contribution < -0.4 is 10.0 Å². The zero-order chi connectivity index (χ0) is 15.5. The number of halogens is 1. The molecule has 0 radical (unpaired) electrons. The van der Waals surface area contributed by atoms with E-state index in [-0.39, 0.29) is 16.7 Å². The Morgan fingerprint density at radius 2 is 2.19 bits per heavy atom. The van der Waals surface area contributed by atoms with E-state index in [9.17, 15) is 8.42 Å². The van der Waals surface area contributed by atoms with Crippen LogP contribution in [0.15, 0.2) is 32.3 Å². The standard InChI is InChI=1S/C12H15BrN4O3S/c1-3-4-14-11-10(5-9(13)6-15-11)21(18,19)17-12-16-8(2)7-20-12/h5-7H,3-4H2,1-2H3,(H,14,15)(H,16,17). The molecular weight excluding hydrogens is 360 g/mol. The van der Waals surface area contributed by atoms with Crippen molar-refractivity contribution in [2.45, 2.75) is 25.2 Å². The molecule has 114 valence electrons. The summed E-state index contributed by atoms with van der Waals surface area (Å²) in [4.78, 5) is 8.06. The number of sulfonamides is 1. The van der Waals surface area contributed by atoms with Crippen molar-refractivity contribution < 1.29 is 12.8 Å². The summed E-state index contributed by atoms with van der Waals surface area (Å²) in [5.41, 5.74) is 0.587. The monoisotopic (exact) mass is 374 g/mol. The van der Waals surface area contributed by atoms with Gasteiger partial charge in [0.25, 0.3) is 10.0 Å². The molecule has 0 spiro atoms. The lowest BCUT2D eigenvalue weighted by Gasteiger charge is -2.11. The van der Waals surface area contributed by atoms with Gasteiger partial charge in [-0.1, -0.05) is 6.92 Å². The molecule has 0 amide bonds. The van der Waals surface area contributed by atoms with Gasteiger partial charge in [0.1, 0.15) is 17.0 Å². The lowest BCUT2D eigenvalue weighted by molar-refractivity contribution is 0.569. The molecule has 0 unspecified atom stereocenters. The highest BCUT2D eigenvalue weighted by molar-refractivity contribution is 9.10. The van der Waals surface area contributed by atoms with Crippen LogP contribution in [0, 0.1) is 6.92 Å². The van der Waals surface area contributed by atoms with E-state index in [2.05, 4.69) is 35.9 Å². The number of hydrogen-bond donors (Lipinski definition) is 2. The van der Waals surface area contributed by atoms with Gasteiger partial charge in [0.05, 0.1) is 5.69 Å². The largest absolute Gasteiger partial charge is 0.431 e. The van der Waals surface area contributed by atoms with Crippen LogP contribution in [0.1, 0.15) is 19.0 Å². The van der Waals surface area contributed by atoms with E-state index >= 15 is 0 Å². The van der Waals surface area contributed by atoms with Gasteiger partial charge in [-0.05, 0) is 35.3 Å². The molecule has 2 N–H and O–H groups in total. The Kier molecular flexibility index (Phi) is 4.84. The lowest BCUT2D eigenvalue weighted by Crippen LogP contribution is -2.17. The van der Waals surface area contributed by atoms with E-state index in [1.165, 1.54) is 18.5 Å². The fraction of sp³-hybridized carbons (Fsp3) is 0.333. The first-order valence-electron chi connectivity index (χ1n) is 6.26. The van der Waals surface area contributed by atoms with E-state index in [0.717, 1.165) is 6.42 Å². The van der Waals surface area contributed by atoms with Crippen molar-refractivity contribution in [3.8, 4) is 0 Å². The molecule has 21 heavy (non-hydrogen) atoms. The van der Waals surface area contributed by atoms with Crippen LogP contribution >= 0.6 is 15.9 Å². The molecule has 0 aromatic carbocycles. The third kappa shape index (κ3) is 3.94. The van der Waals surface area contributed by atoms with Gasteiger partial charge in [-0.3, -0.25) is 0 Å². The lowest BCUT2D eigenvalue weighted by atomic mass is 10.4. The number of hydrogen-bond acceptors (Lipinski definition) is 6. The topological polar surface area (TPSA) is 97.1 Å². The highest BCUT2D eigenvalue weighted by atomic mass is 79.9. The van der Waals surface area contributed by atoms with Crippen molar-refractivity contribution in [2.75, 3.05) is 16.6 Å². The molecule has 0 fully saturated rings. The first kappa shape index (κ1) is 15.8. The van der Waals surface area contributed by atoms with Crippen molar-refractivity contribution in [2.24, 2.45) is 0 Å². The van der Waals surface area contributed by atoms with E-state index in [1.807, 2.05) is 6.92 Å². The molecule has 9 heteroatoms. The van der Waals surface area contributed by atoms with Crippen LogP contribution in [-0.2, 0) is 10.0 Å². The molecule has 0 aliphatic carbocycles. The number of anilines is 2. The first-order chi connectivity index (χ1) is 9.92. The van der Waals surface area contributed by atoms with Gasteiger partial charge >= 0.3 is 6.01 Å². The number of rotatable bonds is 6. The average molecular weight is 375 g/mol. The third-order valence-corrected chi connectivity index (χ3v) is 4.26. The number of nitrogens with zero attached hydrogens (tertiary/aromatic N) is 2. The summed E-state index contributed by atoms with van der Waals surface area (Å²) >= 11 is 3.22. The SMILES string of the molecule is CCCNc1ncc(Br)cc1S(=O)(=O)Nc1nc(C)co1. The van der Waals surface area contributed by atoms with Gasteiger partial charge in [0, 0.05) is 17.2 Å². The fourth-order valence-electron chi connectivity index (χ4n) is 1.57. The summed E-state index contributed by atoms with van der Waals surface area (Å²) in [7, 11) is -3.84. The normalized spacial score (nSPS) is 11.4. The summed E-state index contributed by atoms with van der Waals surface area (Å²) < 4.78 is 32.7. The van der Waals surface area contributed by atoms with E-state index in [0.29, 0.717) is 16.7 Å². The average Bonchev–Trinajstić information content (AvgIpc) is 2.82. The Morgan fingerprint density at radius 1 is 1.43 bits per heavy atom. The molecule has 0 saturated heterocycles. The summed E-state index contributed by atoms with van der Waals surface area (Å²) in [5.74, 6) is 0.288. The summed E-state index contributed by atoms with van der Waals surface area (Å²) in [6.07, 6.45) is 3.75. The molecule has 0 saturated carbocycles. The fourth-order valence-corrected chi connectivity index (χ4v) is 3.15. The second-order valence-corrected chi connectivity index (χ2v) is 6.89. The molecular formula is C12H15BrN4O3S. The molecule has 2 aromatic rings. The predicted molar refractivity (Wildman–Crippen MR) is 82.8 cm³/mol. The first-order valence-corrected chi connectivity index (χ1v) is 8.54. The maximum absolute atomic E-state index is 12.4. The zero-order valence-corrected chi connectivity index (χ0v) is 14.0. The maximum atomic E-state index is 12.4. The molecule has 0 atom stereocenters. The molecule has 2 heterocycles. The van der Waals surface area contributed by atoms with E-state index in [4.69, 9.17) is 4.42 Å². The molecule has 0 aliphatic rings. The molecule has 2 aromatic heterocycles. The quantitative estimate of drug-likeness (QED) is 0.806. The van der Waals surface area contributed by atoms with Crippen molar-refractivity contribution in [3.63, 3.8) is 0 Å². The highest BCUT2D eigenvalue weighted by Gasteiger charge is 2.22.